The van der Waals surface area contributed by atoms with E-state index in [9.17, 15) is 0 Å². The Morgan fingerprint density at radius 3 is 1.76 bits per heavy atom. The zero-order valence-electron chi connectivity index (χ0n) is 13.1. The Kier molecular flexibility index (Phi) is 11.1. The summed E-state index contributed by atoms with van der Waals surface area (Å²) in [7, 11) is 0. The van der Waals surface area contributed by atoms with Crippen molar-refractivity contribution in [3.63, 3.8) is 0 Å². The summed E-state index contributed by atoms with van der Waals surface area (Å²) < 4.78 is 0. The first kappa shape index (κ1) is 17.0. The SMILES string of the molecule is CCC(C)CCCC(CC)CCCCC(C)C. The minimum absolute atomic E-state index is 0.889. The van der Waals surface area contributed by atoms with Gasteiger partial charge >= 0.3 is 0 Å². The largest absolute Gasteiger partial charge is 0.0651 e. The first-order valence-electron chi connectivity index (χ1n) is 8.10. The number of hydrogen-bond donors (Lipinski definition) is 0. The molecule has 0 spiro atoms. The quantitative estimate of drug-likeness (QED) is 0.364. The molecule has 104 valence electrons. The van der Waals surface area contributed by atoms with E-state index in [-0.39, 0.29) is 0 Å². The van der Waals surface area contributed by atoms with E-state index < -0.39 is 0 Å². The second-order valence-corrected chi connectivity index (χ2v) is 6.40. The van der Waals surface area contributed by atoms with Crippen molar-refractivity contribution in [3.8, 4) is 0 Å². The van der Waals surface area contributed by atoms with Crippen LogP contribution >= 0.6 is 0 Å². The standard InChI is InChI=1S/C17H36/c1-6-16(5)12-10-14-17(7-2)13-9-8-11-15(3)4/h15-17H,6-14H2,1-5H3. The number of hydrogen-bond acceptors (Lipinski definition) is 0. The Morgan fingerprint density at radius 1 is 0.647 bits per heavy atom. The van der Waals surface area contributed by atoms with Crippen LogP contribution in [0.15, 0.2) is 0 Å². The lowest BCUT2D eigenvalue weighted by atomic mass is 9.90. The van der Waals surface area contributed by atoms with Crippen LogP contribution < -0.4 is 0 Å². The average molecular weight is 240 g/mol. The fourth-order valence-electron chi connectivity index (χ4n) is 2.50. The average Bonchev–Trinajstić information content (AvgIpc) is 2.31. The molecule has 0 N–H and O–H groups in total. The molecule has 0 heterocycles. The third-order valence-corrected chi connectivity index (χ3v) is 4.23. The van der Waals surface area contributed by atoms with E-state index in [1.54, 1.807) is 0 Å². The van der Waals surface area contributed by atoms with Gasteiger partial charge in [0.1, 0.15) is 0 Å². The molecule has 0 heteroatoms. The van der Waals surface area contributed by atoms with Gasteiger partial charge in [0.2, 0.25) is 0 Å². The van der Waals surface area contributed by atoms with E-state index in [1.165, 1.54) is 57.8 Å². The highest BCUT2D eigenvalue weighted by Crippen LogP contribution is 2.22. The maximum atomic E-state index is 2.39. The Hall–Kier alpha value is 0. The second kappa shape index (κ2) is 11.1. The summed E-state index contributed by atoms with van der Waals surface area (Å²) in [5.41, 5.74) is 0. The van der Waals surface area contributed by atoms with E-state index >= 15 is 0 Å². The van der Waals surface area contributed by atoms with Gasteiger partial charge in [-0.2, -0.15) is 0 Å². The van der Waals surface area contributed by atoms with Gasteiger partial charge in [-0.15, -0.1) is 0 Å². The van der Waals surface area contributed by atoms with Crippen molar-refractivity contribution < 1.29 is 0 Å². The molecule has 2 unspecified atom stereocenters. The second-order valence-electron chi connectivity index (χ2n) is 6.40. The van der Waals surface area contributed by atoms with Crippen molar-refractivity contribution >= 4 is 0 Å². The van der Waals surface area contributed by atoms with Crippen LogP contribution in [0, 0.1) is 17.8 Å². The van der Waals surface area contributed by atoms with Crippen molar-refractivity contribution in [1.82, 2.24) is 0 Å². The van der Waals surface area contributed by atoms with Crippen LogP contribution in [0.3, 0.4) is 0 Å². The molecule has 0 aromatic heterocycles. The van der Waals surface area contributed by atoms with Crippen molar-refractivity contribution in [2.24, 2.45) is 17.8 Å². The number of unbranched alkanes of at least 4 members (excludes halogenated alkanes) is 1. The van der Waals surface area contributed by atoms with Gasteiger partial charge in [0.15, 0.2) is 0 Å². The Bertz CT molecular complexity index is 148. The summed E-state index contributed by atoms with van der Waals surface area (Å²) in [6.07, 6.45) is 12.9. The van der Waals surface area contributed by atoms with Gasteiger partial charge in [0, 0.05) is 0 Å². The smallest absolute Gasteiger partial charge is 0.0417 e. The van der Waals surface area contributed by atoms with Crippen LogP contribution in [0.2, 0.25) is 0 Å². The highest BCUT2D eigenvalue weighted by molar-refractivity contribution is 4.60. The van der Waals surface area contributed by atoms with E-state index in [4.69, 9.17) is 0 Å². The van der Waals surface area contributed by atoms with Crippen molar-refractivity contribution in [1.29, 1.82) is 0 Å². The van der Waals surface area contributed by atoms with Gasteiger partial charge in [-0.1, -0.05) is 92.4 Å². The van der Waals surface area contributed by atoms with Crippen LogP contribution in [0.25, 0.3) is 0 Å². The lowest BCUT2D eigenvalue weighted by Gasteiger charge is -2.16. The van der Waals surface area contributed by atoms with E-state index in [2.05, 4.69) is 34.6 Å². The van der Waals surface area contributed by atoms with Crippen LogP contribution in [-0.4, -0.2) is 0 Å². The van der Waals surface area contributed by atoms with Gasteiger partial charge in [-0.3, -0.25) is 0 Å². The first-order chi connectivity index (χ1) is 8.10. The highest BCUT2D eigenvalue weighted by atomic mass is 14.1. The van der Waals surface area contributed by atoms with E-state index in [0.29, 0.717) is 0 Å². The van der Waals surface area contributed by atoms with Gasteiger partial charge in [0.05, 0.1) is 0 Å². The molecule has 0 saturated carbocycles. The maximum absolute atomic E-state index is 2.39. The molecule has 0 rings (SSSR count). The van der Waals surface area contributed by atoms with Crippen molar-refractivity contribution in [2.75, 3.05) is 0 Å². The molecular formula is C17H36. The topological polar surface area (TPSA) is 0 Å². The van der Waals surface area contributed by atoms with Gasteiger partial charge < -0.3 is 0 Å². The summed E-state index contributed by atoms with van der Waals surface area (Å²) in [4.78, 5) is 0. The molecule has 0 fully saturated rings. The zero-order chi connectivity index (χ0) is 13.1. The summed E-state index contributed by atoms with van der Waals surface area (Å²) >= 11 is 0. The van der Waals surface area contributed by atoms with Crippen LogP contribution in [-0.2, 0) is 0 Å². The molecule has 0 aromatic rings. The van der Waals surface area contributed by atoms with Crippen LogP contribution in [0.4, 0.5) is 0 Å². The lowest BCUT2D eigenvalue weighted by Crippen LogP contribution is -2.01. The van der Waals surface area contributed by atoms with Crippen molar-refractivity contribution in [3.05, 3.63) is 0 Å². The van der Waals surface area contributed by atoms with Crippen LogP contribution in [0.1, 0.15) is 92.4 Å². The Balaban J connectivity index is 3.49. The summed E-state index contributed by atoms with van der Waals surface area (Å²) in [5.74, 6) is 2.83. The molecule has 2 atom stereocenters. The fraction of sp³-hybridized carbons (Fsp3) is 1.00. The van der Waals surface area contributed by atoms with Gasteiger partial charge in [-0.25, -0.2) is 0 Å². The molecule has 0 aliphatic carbocycles. The van der Waals surface area contributed by atoms with Gasteiger partial charge in [0.25, 0.3) is 0 Å². The first-order valence-corrected chi connectivity index (χ1v) is 8.10. The normalized spacial score (nSPS) is 15.2. The molecule has 17 heavy (non-hydrogen) atoms. The minimum atomic E-state index is 0.889. The summed E-state index contributed by atoms with van der Waals surface area (Å²) in [6.45, 7) is 11.8. The van der Waals surface area contributed by atoms with Crippen LogP contribution in [0.5, 0.6) is 0 Å². The third-order valence-electron chi connectivity index (χ3n) is 4.23. The Labute approximate surface area is 111 Å². The molecule has 0 aliphatic heterocycles. The lowest BCUT2D eigenvalue weighted by molar-refractivity contribution is 0.371. The minimum Gasteiger partial charge on any atom is -0.0651 e. The number of rotatable bonds is 11. The molecular weight excluding hydrogens is 204 g/mol. The van der Waals surface area contributed by atoms with Crippen molar-refractivity contribution in [2.45, 2.75) is 92.4 Å². The molecule has 0 bridgehead atoms. The summed E-state index contributed by atoms with van der Waals surface area (Å²) in [6, 6.07) is 0. The molecule has 0 radical (unpaired) electrons. The fourth-order valence-corrected chi connectivity index (χ4v) is 2.50. The van der Waals surface area contributed by atoms with Gasteiger partial charge in [-0.05, 0) is 17.8 Å². The maximum Gasteiger partial charge on any atom is -0.0417 e. The zero-order valence-corrected chi connectivity index (χ0v) is 13.1. The highest BCUT2D eigenvalue weighted by Gasteiger charge is 2.07. The van der Waals surface area contributed by atoms with E-state index in [1.807, 2.05) is 0 Å². The molecule has 0 nitrogen and oxygen atoms in total. The molecule has 0 saturated heterocycles. The molecule has 0 amide bonds. The predicted octanol–water partition coefficient (Wildman–Crippen LogP) is 6.45. The summed E-state index contributed by atoms with van der Waals surface area (Å²) in [5, 5.41) is 0. The third kappa shape index (κ3) is 10.9. The molecule has 0 aromatic carbocycles. The predicted molar refractivity (Wildman–Crippen MR) is 80.4 cm³/mol. The monoisotopic (exact) mass is 240 g/mol. The van der Waals surface area contributed by atoms with E-state index in [0.717, 1.165) is 17.8 Å². The molecule has 0 aliphatic rings. The Morgan fingerprint density at radius 2 is 1.24 bits per heavy atom.